The summed E-state index contributed by atoms with van der Waals surface area (Å²) < 4.78 is 6.53. The summed E-state index contributed by atoms with van der Waals surface area (Å²) in [5.41, 5.74) is 1.32. The molecule has 115 valence electrons. The zero-order valence-corrected chi connectivity index (χ0v) is 14.4. The summed E-state index contributed by atoms with van der Waals surface area (Å²) in [6.07, 6.45) is 6.29. The van der Waals surface area contributed by atoms with Crippen molar-refractivity contribution < 1.29 is 4.43 Å². The molecule has 1 nitrogen and oxygen atoms in total. The Morgan fingerprint density at radius 3 is 2.41 bits per heavy atom. The van der Waals surface area contributed by atoms with Gasteiger partial charge in [0.05, 0.1) is 6.10 Å². The van der Waals surface area contributed by atoms with Crippen LogP contribution in [0.15, 0.2) is 67.8 Å². The van der Waals surface area contributed by atoms with Crippen molar-refractivity contribution in [3.05, 3.63) is 73.3 Å². The van der Waals surface area contributed by atoms with Crippen molar-refractivity contribution in [2.24, 2.45) is 0 Å². The first kappa shape index (κ1) is 16.7. The molecule has 0 saturated heterocycles. The number of hydrogen-bond donors (Lipinski definition) is 0. The fraction of sp³-hybridized carbons (Fsp3) is 0.300. The molecular weight excluding hydrogens is 284 g/mol. The van der Waals surface area contributed by atoms with E-state index in [2.05, 4.69) is 62.5 Å². The zero-order valence-electron chi connectivity index (χ0n) is 13.4. The van der Waals surface area contributed by atoms with Crippen LogP contribution in [0.3, 0.4) is 0 Å². The molecule has 0 fully saturated rings. The van der Waals surface area contributed by atoms with Gasteiger partial charge in [0, 0.05) is 0 Å². The molecule has 2 aromatic rings. The van der Waals surface area contributed by atoms with Gasteiger partial charge in [-0.15, -0.1) is 13.2 Å². The van der Waals surface area contributed by atoms with Gasteiger partial charge < -0.3 is 4.43 Å². The highest BCUT2D eigenvalue weighted by Crippen LogP contribution is 2.31. The molecule has 0 N–H and O–H groups in total. The van der Waals surface area contributed by atoms with Gasteiger partial charge >= 0.3 is 0 Å². The van der Waals surface area contributed by atoms with E-state index in [4.69, 9.17) is 4.43 Å². The molecule has 2 aromatic carbocycles. The van der Waals surface area contributed by atoms with Crippen LogP contribution in [-0.2, 0) is 4.43 Å². The van der Waals surface area contributed by atoms with Crippen LogP contribution in [0.2, 0.25) is 12.1 Å². The van der Waals surface area contributed by atoms with E-state index in [-0.39, 0.29) is 6.10 Å². The number of fused-ring (bicyclic) bond motifs is 1. The van der Waals surface area contributed by atoms with Gasteiger partial charge in [0.1, 0.15) is 0 Å². The smallest absolute Gasteiger partial charge is 0.220 e. The molecule has 1 radical (unpaired) electrons. The number of allylic oxidation sites excluding steroid dienone is 2. The summed E-state index contributed by atoms with van der Waals surface area (Å²) in [6.45, 7) is 9.96. The molecular formula is C20H25OSi. The highest BCUT2D eigenvalue weighted by Gasteiger charge is 2.19. The average Bonchev–Trinajstić information content (AvgIpc) is 2.54. The molecule has 0 amide bonds. The maximum absolute atomic E-state index is 6.53. The first-order valence-corrected chi connectivity index (χ1v) is 9.83. The predicted octanol–water partition coefficient (Wildman–Crippen LogP) is 6.06. The van der Waals surface area contributed by atoms with Crippen LogP contribution in [0.5, 0.6) is 0 Å². The highest BCUT2D eigenvalue weighted by molar-refractivity contribution is 6.53. The Morgan fingerprint density at radius 1 is 1.05 bits per heavy atom. The molecule has 2 heteroatoms. The Bertz CT molecular complexity index is 605. The average molecular weight is 310 g/mol. The van der Waals surface area contributed by atoms with Crippen molar-refractivity contribution in [1.82, 2.24) is 0 Å². The first-order valence-electron chi connectivity index (χ1n) is 8.01. The molecule has 0 spiro atoms. The molecule has 1 unspecified atom stereocenters. The Balaban J connectivity index is 2.32. The lowest BCUT2D eigenvalue weighted by Crippen LogP contribution is -2.20. The fourth-order valence-corrected chi connectivity index (χ4v) is 4.42. The van der Waals surface area contributed by atoms with Gasteiger partial charge in [-0.25, -0.2) is 0 Å². The van der Waals surface area contributed by atoms with Gasteiger partial charge in [-0.2, -0.15) is 0 Å². The lowest BCUT2D eigenvalue weighted by molar-refractivity contribution is 0.195. The van der Waals surface area contributed by atoms with Crippen LogP contribution >= 0.6 is 0 Å². The summed E-state index contributed by atoms with van der Waals surface area (Å²) in [7, 11) is -0.918. The largest absolute Gasteiger partial charge is 0.409 e. The van der Waals surface area contributed by atoms with E-state index < -0.39 is 9.04 Å². The lowest BCUT2D eigenvalue weighted by Gasteiger charge is -2.24. The van der Waals surface area contributed by atoms with E-state index in [1.807, 2.05) is 12.2 Å². The summed E-state index contributed by atoms with van der Waals surface area (Å²) in [4.78, 5) is 0. The van der Waals surface area contributed by atoms with Gasteiger partial charge in [-0.1, -0.05) is 68.0 Å². The molecule has 0 heterocycles. The second kappa shape index (κ2) is 8.72. The van der Waals surface area contributed by atoms with Crippen molar-refractivity contribution in [3.8, 4) is 0 Å². The third kappa shape index (κ3) is 4.18. The Hall–Kier alpha value is -1.64. The monoisotopic (exact) mass is 309 g/mol. The Kier molecular flexibility index (Phi) is 6.62. The second-order valence-corrected chi connectivity index (χ2v) is 7.62. The van der Waals surface area contributed by atoms with Crippen molar-refractivity contribution in [3.63, 3.8) is 0 Å². The van der Waals surface area contributed by atoms with Gasteiger partial charge in [0.2, 0.25) is 9.04 Å². The number of benzene rings is 2. The minimum Gasteiger partial charge on any atom is -0.409 e. The van der Waals surface area contributed by atoms with Crippen molar-refractivity contribution in [2.75, 3.05) is 0 Å². The standard InChI is InChI=1S/C20H25OSi/c1-4-10-20(21-22(15-5-2)16-6-3)19-14-9-12-17-11-7-8-13-18(17)19/h5-9,11-14,20H,2-4,10,15-16H2,1H3. The minimum absolute atomic E-state index is 0.171. The van der Waals surface area contributed by atoms with Crippen LogP contribution in [0.1, 0.15) is 31.4 Å². The maximum atomic E-state index is 6.53. The van der Waals surface area contributed by atoms with Gasteiger partial charge in [0.15, 0.2) is 0 Å². The molecule has 0 aliphatic rings. The van der Waals surface area contributed by atoms with E-state index in [0.29, 0.717) is 0 Å². The highest BCUT2D eigenvalue weighted by atomic mass is 28.3. The predicted molar refractivity (Wildman–Crippen MR) is 98.4 cm³/mol. The normalized spacial score (nSPS) is 12.5. The van der Waals surface area contributed by atoms with Crippen LogP contribution in [0.4, 0.5) is 0 Å². The lowest BCUT2D eigenvalue weighted by atomic mass is 9.98. The maximum Gasteiger partial charge on any atom is 0.220 e. The quantitative estimate of drug-likeness (QED) is 0.404. The van der Waals surface area contributed by atoms with E-state index in [0.717, 1.165) is 24.9 Å². The topological polar surface area (TPSA) is 9.23 Å². The summed E-state index contributed by atoms with van der Waals surface area (Å²) in [5, 5.41) is 2.59. The molecule has 0 aliphatic heterocycles. The van der Waals surface area contributed by atoms with Crippen molar-refractivity contribution in [1.29, 1.82) is 0 Å². The van der Waals surface area contributed by atoms with Gasteiger partial charge in [0.25, 0.3) is 0 Å². The Labute approximate surface area is 136 Å². The third-order valence-electron chi connectivity index (χ3n) is 3.77. The number of rotatable bonds is 9. The molecule has 2 rings (SSSR count). The van der Waals surface area contributed by atoms with Gasteiger partial charge in [-0.3, -0.25) is 0 Å². The van der Waals surface area contributed by atoms with Crippen LogP contribution in [0, 0.1) is 0 Å². The Morgan fingerprint density at radius 2 is 1.73 bits per heavy atom. The van der Waals surface area contributed by atoms with Crippen LogP contribution in [0.25, 0.3) is 10.8 Å². The first-order chi connectivity index (χ1) is 10.8. The number of hydrogen-bond acceptors (Lipinski definition) is 1. The molecule has 0 aromatic heterocycles. The molecule has 22 heavy (non-hydrogen) atoms. The van der Waals surface area contributed by atoms with Crippen molar-refractivity contribution in [2.45, 2.75) is 38.0 Å². The molecule has 1 atom stereocenters. The molecule has 0 bridgehead atoms. The zero-order chi connectivity index (χ0) is 15.8. The molecule has 0 aliphatic carbocycles. The second-order valence-electron chi connectivity index (χ2n) is 5.49. The van der Waals surface area contributed by atoms with E-state index in [1.165, 1.54) is 16.3 Å². The van der Waals surface area contributed by atoms with Crippen LogP contribution < -0.4 is 0 Å². The van der Waals surface area contributed by atoms with E-state index >= 15 is 0 Å². The SMILES string of the molecule is C=CC[Si](CC=C)OC(CCC)c1cccc2ccccc12. The molecule has 0 saturated carbocycles. The third-order valence-corrected chi connectivity index (χ3v) is 5.88. The van der Waals surface area contributed by atoms with Crippen LogP contribution in [-0.4, -0.2) is 9.04 Å². The summed E-state index contributed by atoms with van der Waals surface area (Å²) in [6, 6.07) is 17.0. The van der Waals surface area contributed by atoms with Gasteiger partial charge in [-0.05, 0) is 34.8 Å². The van der Waals surface area contributed by atoms with E-state index in [9.17, 15) is 0 Å². The van der Waals surface area contributed by atoms with Crippen molar-refractivity contribution >= 4 is 19.8 Å². The fourth-order valence-electron chi connectivity index (χ4n) is 2.77. The minimum atomic E-state index is -0.918. The summed E-state index contributed by atoms with van der Waals surface area (Å²) in [5.74, 6) is 0. The summed E-state index contributed by atoms with van der Waals surface area (Å²) >= 11 is 0. The van der Waals surface area contributed by atoms with E-state index in [1.54, 1.807) is 0 Å².